The van der Waals surface area contributed by atoms with Crippen molar-refractivity contribution in [2.75, 3.05) is 6.61 Å². The second-order valence-corrected chi connectivity index (χ2v) is 5.89. The lowest BCUT2D eigenvalue weighted by atomic mass is 10.1. The van der Waals surface area contributed by atoms with Crippen LogP contribution in [-0.2, 0) is 0 Å². The van der Waals surface area contributed by atoms with Gasteiger partial charge in [-0.05, 0) is 46.3 Å². The van der Waals surface area contributed by atoms with Crippen LogP contribution in [0.1, 0.15) is 16.8 Å². The van der Waals surface area contributed by atoms with Crippen LogP contribution in [-0.4, -0.2) is 12.4 Å². The molecule has 0 heterocycles. The number of ketones is 1. The third-order valence-corrected chi connectivity index (χ3v) is 4.22. The highest BCUT2D eigenvalue weighted by atomic mass is 79.9. The van der Waals surface area contributed by atoms with E-state index in [1.54, 1.807) is 12.1 Å². The molecule has 0 aromatic heterocycles. The molecule has 0 radical (unpaired) electrons. The zero-order valence-corrected chi connectivity index (χ0v) is 13.8. The Morgan fingerprint density at radius 3 is 2.48 bits per heavy atom. The first kappa shape index (κ1) is 16.3. The zero-order valence-electron chi connectivity index (χ0n) is 10.7. The first-order valence-corrected chi connectivity index (χ1v) is 7.58. The van der Waals surface area contributed by atoms with Gasteiger partial charge < -0.3 is 4.74 Å². The maximum Gasteiger partial charge on any atom is 0.166 e. The summed E-state index contributed by atoms with van der Waals surface area (Å²) in [5.74, 6) is -0.0924. The van der Waals surface area contributed by atoms with Crippen molar-refractivity contribution in [2.45, 2.75) is 6.42 Å². The molecule has 6 heteroatoms. The minimum Gasteiger partial charge on any atom is -0.492 e. The second-order valence-electron chi connectivity index (χ2n) is 4.23. The largest absolute Gasteiger partial charge is 0.492 e. The molecular formula is C15H10BrCl2FO2. The van der Waals surface area contributed by atoms with Crippen molar-refractivity contribution in [3.63, 3.8) is 0 Å². The van der Waals surface area contributed by atoms with E-state index in [2.05, 4.69) is 15.9 Å². The molecule has 2 aromatic carbocycles. The van der Waals surface area contributed by atoms with Crippen molar-refractivity contribution in [2.24, 2.45) is 0 Å². The number of hydrogen-bond donors (Lipinski definition) is 0. The Morgan fingerprint density at radius 1 is 1.14 bits per heavy atom. The molecule has 0 unspecified atom stereocenters. The van der Waals surface area contributed by atoms with Crippen LogP contribution in [0.15, 0.2) is 40.9 Å². The fourth-order valence-corrected chi connectivity index (χ4v) is 2.50. The van der Waals surface area contributed by atoms with E-state index in [1.807, 2.05) is 0 Å². The van der Waals surface area contributed by atoms with Crippen molar-refractivity contribution in [3.05, 3.63) is 62.3 Å². The summed E-state index contributed by atoms with van der Waals surface area (Å²) in [7, 11) is 0. The number of carbonyl (C=O) groups is 1. The summed E-state index contributed by atoms with van der Waals surface area (Å²) in [5.41, 5.74) is 0.444. The van der Waals surface area contributed by atoms with Gasteiger partial charge in [0, 0.05) is 22.5 Å². The van der Waals surface area contributed by atoms with Crippen LogP contribution >= 0.6 is 39.1 Å². The Labute approximate surface area is 139 Å². The molecule has 2 rings (SSSR count). The quantitative estimate of drug-likeness (QED) is 0.493. The van der Waals surface area contributed by atoms with Crippen molar-refractivity contribution < 1.29 is 13.9 Å². The van der Waals surface area contributed by atoms with Crippen molar-refractivity contribution >= 4 is 44.9 Å². The monoisotopic (exact) mass is 390 g/mol. The van der Waals surface area contributed by atoms with Gasteiger partial charge in [0.05, 0.1) is 16.7 Å². The predicted octanol–water partition coefficient (Wildman–Crippen LogP) is 5.55. The van der Waals surface area contributed by atoms with Gasteiger partial charge in [-0.3, -0.25) is 4.79 Å². The molecule has 2 nitrogen and oxygen atoms in total. The minimum absolute atomic E-state index is 0.130. The van der Waals surface area contributed by atoms with E-state index < -0.39 is 0 Å². The topological polar surface area (TPSA) is 26.3 Å². The number of hydrogen-bond acceptors (Lipinski definition) is 2. The molecular weight excluding hydrogens is 382 g/mol. The van der Waals surface area contributed by atoms with Crippen molar-refractivity contribution in [3.8, 4) is 5.75 Å². The number of benzene rings is 2. The highest BCUT2D eigenvalue weighted by Crippen LogP contribution is 2.34. The highest BCUT2D eigenvalue weighted by Gasteiger charge is 2.09. The van der Waals surface area contributed by atoms with E-state index in [0.29, 0.717) is 25.8 Å². The SMILES string of the molecule is O=C(CCOc1cc(Cl)c(Br)cc1Cl)c1ccc(F)cc1. The lowest BCUT2D eigenvalue weighted by Gasteiger charge is -2.09. The van der Waals surface area contributed by atoms with Crippen molar-refractivity contribution in [1.29, 1.82) is 0 Å². The molecule has 21 heavy (non-hydrogen) atoms. The van der Waals surface area contributed by atoms with Gasteiger partial charge in [-0.1, -0.05) is 23.2 Å². The minimum atomic E-state index is -0.376. The molecule has 0 atom stereocenters. The fourth-order valence-electron chi connectivity index (χ4n) is 1.65. The van der Waals surface area contributed by atoms with E-state index in [1.165, 1.54) is 24.3 Å². The lowest BCUT2D eigenvalue weighted by molar-refractivity contribution is 0.0962. The molecule has 0 saturated carbocycles. The number of Topliss-reactive ketones (excluding diaryl/α,β-unsaturated/α-hetero) is 1. The average molecular weight is 392 g/mol. The summed E-state index contributed by atoms with van der Waals surface area (Å²) in [6.45, 7) is 0.161. The normalized spacial score (nSPS) is 10.5. The molecule has 0 aliphatic heterocycles. The molecule has 0 aliphatic rings. The molecule has 0 spiro atoms. The Hall–Kier alpha value is -1.10. The fraction of sp³-hybridized carbons (Fsp3) is 0.133. The third kappa shape index (κ3) is 4.43. The summed E-state index contributed by atoms with van der Waals surface area (Å²) >= 11 is 15.2. The number of ether oxygens (including phenoxy) is 1. The predicted molar refractivity (Wildman–Crippen MR) is 85.0 cm³/mol. The van der Waals surface area contributed by atoms with Gasteiger partial charge in [-0.25, -0.2) is 4.39 Å². The smallest absolute Gasteiger partial charge is 0.166 e. The summed E-state index contributed by atoms with van der Waals surface area (Å²) in [6, 6.07) is 8.60. The van der Waals surface area contributed by atoms with Gasteiger partial charge in [-0.2, -0.15) is 0 Å². The van der Waals surface area contributed by atoms with Gasteiger partial charge in [-0.15, -0.1) is 0 Å². The van der Waals surface area contributed by atoms with E-state index in [-0.39, 0.29) is 24.6 Å². The molecule has 0 N–H and O–H groups in total. The van der Waals surface area contributed by atoms with E-state index >= 15 is 0 Å². The number of halogens is 4. The summed E-state index contributed by atoms with van der Waals surface area (Å²) in [5, 5.41) is 0.875. The number of rotatable bonds is 5. The van der Waals surface area contributed by atoms with Crippen LogP contribution in [0.25, 0.3) is 0 Å². The molecule has 110 valence electrons. The van der Waals surface area contributed by atoms with Gasteiger partial charge in [0.2, 0.25) is 0 Å². The van der Waals surface area contributed by atoms with Gasteiger partial charge in [0.1, 0.15) is 11.6 Å². The maximum absolute atomic E-state index is 12.8. The number of carbonyl (C=O) groups excluding carboxylic acids is 1. The summed E-state index contributed by atoms with van der Waals surface area (Å²) in [4.78, 5) is 11.9. The first-order chi connectivity index (χ1) is 9.97. The van der Waals surface area contributed by atoms with Crippen LogP contribution in [0.4, 0.5) is 4.39 Å². The van der Waals surface area contributed by atoms with E-state index in [0.717, 1.165) is 0 Å². The molecule has 2 aromatic rings. The standard InChI is InChI=1S/C15H10BrCl2FO2/c16-11-7-13(18)15(8-12(11)17)21-6-5-14(20)9-1-3-10(19)4-2-9/h1-4,7-8H,5-6H2. The lowest BCUT2D eigenvalue weighted by Crippen LogP contribution is -2.07. The Kier molecular flexibility index (Phi) is 5.62. The third-order valence-electron chi connectivity index (χ3n) is 2.73. The van der Waals surface area contributed by atoms with E-state index in [4.69, 9.17) is 27.9 Å². The van der Waals surface area contributed by atoms with Gasteiger partial charge in [0.25, 0.3) is 0 Å². The summed E-state index contributed by atoms with van der Waals surface area (Å²) < 4.78 is 18.9. The summed E-state index contributed by atoms with van der Waals surface area (Å²) in [6.07, 6.45) is 0.162. The maximum atomic E-state index is 12.8. The zero-order chi connectivity index (χ0) is 15.4. The Morgan fingerprint density at radius 2 is 1.81 bits per heavy atom. The molecule has 0 aliphatic carbocycles. The molecule has 0 amide bonds. The molecule has 0 fully saturated rings. The Bertz CT molecular complexity index is 659. The molecule has 0 saturated heterocycles. The van der Waals surface area contributed by atoms with Gasteiger partial charge >= 0.3 is 0 Å². The highest BCUT2D eigenvalue weighted by molar-refractivity contribution is 9.10. The van der Waals surface area contributed by atoms with E-state index in [9.17, 15) is 9.18 Å². The van der Waals surface area contributed by atoms with Crippen molar-refractivity contribution in [1.82, 2.24) is 0 Å². The van der Waals surface area contributed by atoms with Crippen LogP contribution in [0, 0.1) is 5.82 Å². The van der Waals surface area contributed by atoms with Crippen LogP contribution < -0.4 is 4.74 Å². The Balaban J connectivity index is 1.94. The van der Waals surface area contributed by atoms with Crippen LogP contribution in [0.5, 0.6) is 5.75 Å². The average Bonchev–Trinajstić information content (AvgIpc) is 2.45. The van der Waals surface area contributed by atoms with Crippen LogP contribution in [0.2, 0.25) is 10.0 Å². The second kappa shape index (κ2) is 7.25. The van der Waals surface area contributed by atoms with Gasteiger partial charge in [0.15, 0.2) is 5.78 Å². The molecule has 0 bridgehead atoms. The van der Waals surface area contributed by atoms with Crippen LogP contribution in [0.3, 0.4) is 0 Å². The first-order valence-electron chi connectivity index (χ1n) is 6.03.